The lowest BCUT2D eigenvalue weighted by molar-refractivity contribution is -0.945. The van der Waals surface area contributed by atoms with Crippen LogP contribution < -0.4 is 4.90 Å². The molecule has 3 heteroatoms. The largest absolute Gasteiger partial charge is 0.339 e. The molecule has 0 saturated carbocycles. The van der Waals surface area contributed by atoms with Crippen molar-refractivity contribution in [2.45, 2.75) is 51.7 Å². The van der Waals surface area contributed by atoms with Crippen LogP contribution in [0.3, 0.4) is 0 Å². The fourth-order valence-corrected chi connectivity index (χ4v) is 5.68. The number of nitrogens with zero attached hydrogens (tertiary/aromatic N) is 1. The van der Waals surface area contributed by atoms with Crippen LogP contribution in [-0.2, 0) is 19.5 Å². The van der Waals surface area contributed by atoms with Gasteiger partial charge in [-0.1, -0.05) is 39.7 Å². The number of quaternary nitrogens is 1. The molecule has 134 valence electrons. The third kappa shape index (κ3) is 2.73. The van der Waals surface area contributed by atoms with Crippen molar-refractivity contribution in [2.24, 2.45) is 0 Å². The summed E-state index contributed by atoms with van der Waals surface area (Å²) in [5.41, 5.74) is 7.60. The van der Waals surface area contributed by atoms with Gasteiger partial charge in [0, 0.05) is 40.3 Å². The molecule has 3 aromatic rings. The van der Waals surface area contributed by atoms with E-state index in [4.69, 9.17) is 0 Å². The van der Waals surface area contributed by atoms with Gasteiger partial charge < -0.3 is 9.47 Å². The minimum absolute atomic E-state index is 0.646. The van der Waals surface area contributed by atoms with E-state index in [2.05, 4.69) is 69.9 Å². The Kier molecular flexibility index (Phi) is 4.17. The number of nitrogens with one attached hydrogen (secondary N) is 1. The molecule has 1 unspecified atom stereocenters. The van der Waals surface area contributed by atoms with Crippen LogP contribution in [0.15, 0.2) is 46.9 Å². The molecule has 0 saturated heterocycles. The van der Waals surface area contributed by atoms with E-state index in [9.17, 15) is 0 Å². The molecule has 0 spiro atoms. The van der Waals surface area contributed by atoms with Gasteiger partial charge in [0.25, 0.3) is 0 Å². The van der Waals surface area contributed by atoms with Gasteiger partial charge in [0.2, 0.25) is 0 Å². The molecule has 2 atom stereocenters. The molecule has 0 bridgehead atoms. The lowest BCUT2D eigenvalue weighted by Crippen LogP contribution is -3.11. The van der Waals surface area contributed by atoms with Gasteiger partial charge in [-0.25, -0.2) is 0 Å². The van der Waals surface area contributed by atoms with Gasteiger partial charge in [0.05, 0.1) is 12.2 Å². The number of hydrogen-bond acceptors (Lipinski definition) is 0. The van der Waals surface area contributed by atoms with Crippen LogP contribution in [0, 0.1) is 6.92 Å². The monoisotopic (exact) mass is 409 g/mol. The Morgan fingerprint density at radius 2 is 2.08 bits per heavy atom. The second kappa shape index (κ2) is 6.54. The smallest absolute Gasteiger partial charge is 0.129 e. The quantitative estimate of drug-likeness (QED) is 0.634. The molecule has 0 fully saturated rings. The number of fused-ring (bicyclic) bond motifs is 3. The summed E-state index contributed by atoms with van der Waals surface area (Å²) in [7, 11) is 0. The summed E-state index contributed by atoms with van der Waals surface area (Å²) < 4.78 is 3.86. The van der Waals surface area contributed by atoms with Gasteiger partial charge in [-0.3, -0.25) is 0 Å². The lowest BCUT2D eigenvalue weighted by atomic mass is 9.90. The van der Waals surface area contributed by atoms with Crippen molar-refractivity contribution in [1.29, 1.82) is 0 Å². The van der Waals surface area contributed by atoms with Gasteiger partial charge >= 0.3 is 0 Å². The highest BCUT2D eigenvalue weighted by Gasteiger charge is 2.36. The minimum Gasteiger partial charge on any atom is -0.339 e. The Labute approximate surface area is 163 Å². The average molecular weight is 410 g/mol. The Morgan fingerprint density at radius 3 is 2.96 bits per heavy atom. The molecule has 2 aliphatic rings. The number of aromatic nitrogens is 1. The van der Waals surface area contributed by atoms with Crippen molar-refractivity contribution in [3.63, 3.8) is 0 Å². The maximum atomic E-state index is 3.64. The van der Waals surface area contributed by atoms with Crippen molar-refractivity contribution in [3.8, 4) is 0 Å². The van der Waals surface area contributed by atoms with Gasteiger partial charge in [-0.05, 0) is 49.6 Å². The van der Waals surface area contributed by atoms with E-state index < -0.39 is 0 Å². The molecule has 1 aromatic heterocycles. The number of aryl methyl sites for hydroxylation is 3. The van der Waals surface area contributed by atoms with E-state index in [1.54, 1.807) is 16.2 Å². The van der Waals surface area contributed by atoms with E-state index in [0.29, 0.717) is 6.04 Å². The highest BCUT2D eigenvalue weighted by Crippen LogP contribution is 2.37. The summed E-state index contributed by atoms with van der Waals surface area (Å²) in [4.78, 5) is 1.75. The number of halogens is 1. The zero-order chi connectivity index (χ0) is 17.7. The van der Waals surface area contributed by atoms with Crippen LogP contribution in [0.1, 0.15) is 47.7 Å². The number of benzene rings is 2. The van der Waals surface area contributed by atoms with Crippen LogP contribution in [0.5, 0.6) is 0 Å². The Morgan fingerprint density at radius 1 is 1.15 bits per heavy atom. The summed E-state index contributed by atoms with van der Waals surface area (Å²) in [6.45, 7) is 5.79. The fourth-order valence-electron chi connectivity index (χ4n) is 5.24. The van der Waals surface area contributed by atoms with E-state index >= 15 is 0 Å². The molecule has 2 nitrogen and oxygen atoms in total. The maximum Gasteiger partial charge on any atom is 0.129 e. The Balaban J connectivity index is 1.60. The minimum atomic E-state index is 0.646. The molecule has 0 radical (unpaired) electrons. The molecule has 1 aliphatic heterocycles. The normalized spacial score (nSPS) is 22.2. The fraction of sp³-hybridized carbons (Fsp3) is 0.391. The summed E-state index contributed by atoms with van der Waals surface area (Å²) >= 11 is 3.64. The van der Waals surface area contributed by atoms with Crippen LogP contribution in [0.2, 0.25) is 0 Å². The first-order valence-electron chi connectivity index (χ1n) is 9.91. The first-order valence-corrected chi connectivity index (χ1v) is 10.7. The van der Waals surface area contributed by atoms with Crippen LogP contribution in [0.4, 0.5) is 0 Å². The van der Waals surface area contributed by atoms with Gasteiger partial charge in [-0.2, -0.15) is 0 Å². The summed E-state index contributed by atoms with van der Waals surface area (Å²) in [6.07, 6.45) is 5.17. The van der Waals surface area contributed by atoms with E-state index in [0.717, 1.165) is 6.54 Å². The van der Waals surface area contributed by atoms with Crippen LogP contribution in [0.25, 0.3) is 10.9 Å². The predicted molar refractivity (Wildman–Crippen MR) is 111 cm³/mol. The second-order valence-corrected chi connectivity index (χ2v) is 8.97. The number of hydrogen-bond donors (Lipinski definition) is 1. The second-order valence-electron chi connectivity index (χ2n) is 8.05. The van der Waals surface area contributed by atoms with E-state index in [-0.39, 0.29) is 0 Å². The molecule has 1 N–H and O–H groups in total. The van der Waals surface area contributed by atoms with Gasteiger partial charge in [0.1, 0.15) is 12.6 Å². The van der Waals surface area contributed by atoms with E-state index in [1.165, 1.54) is 65.3 Å². The Hall–Kier alpha value is -1.58. The zero-order valence-corrected chi connectivity index (χ0v) is 17.0. The standard InChI is InChI=1S/C23H25BrN2/c1-16-9-10-21-20(13-16)19-7-3-8-22-23(19)26(21)12-4-11-25(22)15-17-5-2-6-18(24)14-17/h2,5-6,9-10,13-14,22H,3-4,7-8,11-12,15H2,1H3/p+1/t22-/m0/s1. The van der Waals surface area contributed by atoms with Gasteiger partial charge in [0.15, 0.2) is 0 Å². The molecule has 2 aromatic carbocycles. The summed E-state index contributed by atoms with van der Waals surface area (Å²) in [6, 6.07) is 16.6. The summed E-state index contributed by atoms with van der Waals surface area (Å²) in [5, 5.41) is 1.52. The van der Waals surface area contributed by atoms with Crippen LogP contribution >= 0.6 is 15.9 Å². The first kappa shape index (κ1) is 16.6. The molecular weight excluding hydrogens is 384 g/mol. The first-order chi connectivity index (χ1) is 12.7. The average Bonchev–Trinajstić information content (AvgIpc) is 2.82. The topological polar surface area (TPSA) is 9.37 Å². The van der Waals surface area contributed by atoms with Crippen molar-refractivity contribution in [2.75, 3.05) is 6.54 Å². The molecule has 5 rings (SSSR count). The molecule has 26 heavy (non-hydrogen) atoms. The van der Waals surface area contributed by atoms with Crippen LogP contribution in [-0.4, -0.2) is 11.1 Å². The zero-order valence-electron chi connectivity index (χ0n) is 15.4. The predicted octanol–water partition coefficient (Wildman–Crippen LogP) is 4.58. The third-order valence-corrected chi connectivity index (χ3v) is 6.80. The summed E-state index contributed by atoms with van der Waals surface area (Å²) in [5.74, 6) is 0. The highest BCUT2D eigenvalue weighted by molar-refractivity contribution is 9.10. The molecular formula is C23H26BrN2+. The van der Waals surface area contributed by atoms with Crippen molar-refractivity contribution >= 4 is 26.8 Å². The number of rotatable bonds is 2. The lowest BCUT2D eigenvalue weighted by Gasteiger charge is -2.31. The maximum absolute atomic E-state index is 3.64. The van der Waals surface area contributed by atoms with Crippen molar-refractivity contribution < 1.29 is 4.90 Å². The SMILES string of the molecule is Cc1ccc2c(c1)c1c3n2CCC[NH+](Cc2cccc(Br)c2)[C@H]3CCC1. The third-order valence-electron chi connectivity index (χ3n) is 6.31. The Bertz CT molecular complexity index is 968. The molecule has 0 amide bonds. The highest BCUT2D eigenvalue weighted by atomic mass is 79.9. The van der Waals surface area contributed by atoms with Crippen molar-refractivity contribution in [1.82, 2.24) is 4.57 Å². The van der Waals surface area contributed by atoms with Crippen molar-refractivity contribution in [3.05, 3.63) is 69.3 Å². The van der Waals surface area contributed by atoms with Gasteiger partial charge in [-0.15, -0.1) is 0 Å². The van der Waals surface area contributed by atoms with E-state index in [1.807, 2.05) is 0 Å². The molecule has 2 heterocycles. The molecule has 1 aliphatic carbocycles.